The van der Waals surface area contributed by atoms with Crippen LogP contribution < -0.4 is 0 Å². The van der Waals surface area contributed by atoms with E-state index in [2.05, 4.69) is 392 Å². The molecule has 4 aliphatic carbocycles. The van der Waals surface area contributed by atoms with Gasteiger partial charge < -0.3 is 19.2 Å². The van der Waals surface area contributed by atoms with Crippen LogP contribution in [-0.4, -0.2) is 124 Å². The van der Waals surface area contributed by atoms with Gasteiger partial charge in [-0.1, -0.05) is 294 Å². The smallest absolute Gasteiger partial charge is 0.0794 e. The fourth-order valence-electron chi connectivity index (χ4n) is 18.2. The Hall–Kier alpha value is -0.640. The van der Waals surface area contributed by atoms with E-state index < -0.39 is 0 Å². The summed E-state index contributed by atoms with van der Waals surface area (Å²) in [6.07, 6.45) is 30.1. The zero-order valence-electron chi connectivity index (χ0n) is 64.8. The molecule has 0 saturated carbocycles. The number of quaternary nitrogens is 1. The Kier molecular flexibility index (Phi) is 36.0. The standard InChI is InChI=1S/C46H56Br5N2.C25H30Br4.C21H26Br2N2.BrH/c1-52(2)26-23-46(43-31-35(50)15-19-39(43)40-20-16-36(51)32-44(40)46)24-28-53(3,4)27-12-8-6-10-22-45(21-9-5-7-11-25-47)41-29-33(48)13-17-37(41)38-18-14-34(49)30-42(38)45;26-15-7-3-1-5-13-25(14-6-2-4-8-16-27)23-17-19(28)9-11-21(23)22-12-10-20(29)18-24(22)25;1-24(2)11-9-21(10-12-25(3)4)19-13-15(22)5-7-17(19)18-8-6-16(23)14-20(18)21;/h13-20,29-32H,5-12,21-28H2,1-4H3;9-12,17-18H,1-8,13-16H2;5-8,13-14H,9-12H2,1-4H3;1H/q+1;;;. The first-order valence-corrected chi connectivity index (χ1v) is 48.9. The summed E-state index contributed by atoms with van der Waals surface area (Å²) < 4.78 is 10.5. The second-order valence-electron chi connectivity index (χ2n) is 32.4. The average Bonchev–Trinajstić information content (AvgIpc) is 1.59. The molecule has 0 spiro atoms. The van der Waals surface area contributed by atoms with E-state index in [9.17, 15) is 0 Å². The van der Waals surface area contributed by atoms with E-state index in [0.29, 0.717) is 0 Å². The van der Waals surface area contributed by atoms with E-state index in [-0.39, 0.29) is 38.6 Å². The van der Waals surface area contributed by atoms with Gasteiger partial charge in [-0.15, -0.1) is 17.0 Å². The van der Waals surface area contributed by atoms with E-state index in [4.69, 9.17) is 0 Å². The maximum Gasteiger partial charge on any atom is 0.0794 e. The van der Waals surface area contributed by atoms with Gasteiger partial charge in [-0.2, -0.15) is 0 Å². The molecule has 0 heterocycles. The van der Waals surface area contributed by atoms with Crippen LogP contribution in [0.1, 0.15) is 199 Å². The quantitative estimate of drug-likeness (QED) is 0.0218. The molecule has 0 fully saturated rings. The lowest BCUT2D eigenvalue weighted by molar-refractivity contribution is -0.891. The van der Waals surface area contributed by atoms with E-state index in [0.717, 1.165) is 81.3 Å². The van der Waals surface area contributed by atoms with Gasteiger partial charge in [0.25, 0.3) is 0 Å². The first-order valence-electron chi connectivity index (χ1n) is 39.2. The van der Waals surface area contributed by atoms with Gasteiger partial charge in [0.05, 0.1) is 27.2 Å². The molecule has 0 aromatic heterocycles. The largest absolute Gasteiger partial charge is 0.328 e. The number of halogens is 12. The molecule has 0 unspecified atom stereocenters. The van der Waals surface area contributed by atoms with Crippen LogP contribution >= 0.6 is 192 Å². The van der Waals surface area contributed by atoms with Gasteiger partial charge in [-0.3, -0.25) is 0 Å². The number of rotatable bonds is 37. The molecule has 584 valence electrons. The highest BCUT2D eigenvalue weighted by molar-refractivity contribution is 9.12. The van der Waals surface area contributed by atoms with Crippen molar-refractivity contribution in [3.8, 4) is 44.5 Å². The highest BCUT2D eigenvalue weighted by Gasteiger charge is 2.47. The Balaban J connectivity index is 0.000000206. The molecule has 4 nitrogen and oxygen atoms in total. The van der Waals surface area contributed by atoms with Crippen molar-refractivity contribution in [3.63, 3.8) is 0 Å². The van der Waals surface area contributed by atoms with E-state index in [1.165, 1.54) is 240 Å². The van der Waals surface area contributed by atoms with Crippen LogP contribution in [0.3, 0.4) is 0 Å². The Morgan fingerprint density at radius 1 is 0.241 bits per heavy atom. The summed E-state index contributed by atoms with van der Waals surface area (Å²) in [5, 5.41) is 3.35. The van der Waals surface area contributed by atoms with Crippen molar-refractivity contribution in [2.45, 2.75) is 176 Å². The summed E-state index contributed by atoms with van der Waals surface area (Å²) in [6.45, 7) is 5.58. The minimum Gasteiger partial charge on any atom is -0.328 e. The number of hydrogen-bond acceptors (Lipinski definition) is 3. The van der Waals surface area contributed by atoms with Crippen LogP contribution in [0.5, 0.6) is 0 Å². The predicted octanol–water partition coefficient (Wildman–Crippen LogP) is 30.8. The molecule has 0 amide bonds. The van der Waals surface area contributed by atoms with E-state index in [1.807, 2.05) is 0 Å². The van der Waals surface area contributed by atoms with Gasteiger partial charge in [0.1, 0.15) is 0 Å². The molecule has 0 saturated heterocycles. The highest BCUT2D eigenvalue weighted by Crippen LogP contribution is 2.59. The molecule has 8 aromatic rings. The van der Waals surface area contributed by atoms with Gasteiger partial charge >= 0.3 is 0 Å². The molecule has 108 heavy (non-hydrogen) atoms. The highest BCUT2D eigenvalue weighted by atomic mass is 79.9. The Morgan fingerprint density at radius 2 is 0.426 bits per heavy atom. The van der Waals surface area contributed by atoms with Crippen LogP contribution in [0.2, 0.25) is 0 Å². The lowest BCUT2D eigenvalue weighted by Gasteiger charge is -2.38. The van der Waals surface area contributed by atoms with Crippen molar-refractivity contribution in [2.24, 2.45) is 0 Å². The Labute approximate surface area is 753 Å². The van der Waals surface area contributed by atoms with E-state index >= 15 is 0 Å². The summed E-state index contributed by atoms with van der Waals surface area (Å²) >= 11 is 41.1. The third-order valence-electron chi connectivity index (χ3n) is 23.8. The minimum atomic E-state index is -0.00159. The first kappa shape index (κ1) is 91.3. The van der Waals surface area contributed by atoms with Gasteiger partial charge in [-0.05, 0) is 325 Å². The number of unbranched alkanes of at least 4 members (excludes halogenated alkanes) is 12. The molecule has 0 aliphatic heterocycles. The van der Waals surface area contributed by atoms with Crippen molar-refractivity contribution in [3.05, 3.63) is 226 Å². The summed E-state index contributed by atoms with van der Waals surface area (Å²) in [6, 6.07) is 55.4. The number of nitrogens with zero attached hydrogens (tertiary/aromatic N) is 4. The van der Waals surface area contributed by atoms with Crippen LogP contribution in [0.25, 0.3) is 44.5 Å². The average molecular weight is 2230 g/mol. The fourth-order valence-corrected chi connectivity index (χ4v) is 22.3. The molecule has 8 aromatic carbocycles. The fraction of sp³-hybridized carbons (Fsp3) is 0.478. The van der Waals surface area contributed by atoms with Crippen LogP contribution in [0, 0.1) is 0 Å². The normalized spacial score (nSPS) is 14.6. The summed E-state index contributed by atoms with van der Waals surface area (Å²) in [7, 11) is 18.0. The molecule has 16 heteroatoms. The zero-order chi connectivity index (χ0) is 76.7. The van der Waals surface area contributed by atoms with Crippen molar-refractivity contribution in [1.82, 2.24) is 14.7 Å². The lowest BCUT2D eigenvalue weighted by Crippen LogP contribution is -2.44. The minimum absolute atomic E-state index is 0. The van der Waals surface area contributed by atoms with Crippen LogP contribution in [-0.2, 0) is 21.7 Å². The van der Waals surface area contributed by atoms with Crippen LogP contribution in [0.4, 0.5) is 0 Å². The van der Waals surface area contributed by atoms with Crippen molar-refractivity contribution < 1.29 is 4.48 Å². The van der Waals surface area contributed by atoms with Crippen molar-refractivity contribution in [1.29, 1.82) is 0 Å². The second kappa shape index (κ2) is 42.7. The topological polar surface area (TPSA) is 9.72 Å². The lowest BCUT2D eigenvalue weighted by atomic mass is 9.70. The van der Waals surface area contributed by atoms with Crippen molar-refractivity contribution in [2.75, 3.05) is 105 Å². The predicted molar refractivity (Wildman–Crippen MR) is 512 cm³/mol. The number of hydrogen-bond donors (Lipinski definition) is 0. The van der Waals surface area contributed by atoms with Gasteiger partial charge in [0.2, 0.25) is 0 Å². The first-order chi connectivity index (χ1) is 51.3. The monoisotopic (exact) mass is 2220 g/mol. The molecule has 0 N–H and O–H groups in total. The van der Waals surface area contributed by atoms with E-state index in [1.54, 1.807) is 11.1 Å². The molecular weight excluding hydrogens is 2120 g/mol. The van der Waals surface area contributed by atoms with Gasteiger partial charge in [-0.25, -0.2) is 0 Å². The second-order valence-corrected chi connectivity index (χ2v) is 42.1. The third-order valence-corrected chi connectivity index (χ3v) is 29.4. The summed E-state index contributed by atoms with van der Waals surface area (Å²) in [5.74, 6) is 0. The molecule has 0 radical (unpaired) electrons. The Bertz CT molecular complexity index is 4020. The maximum atomic E-state index is 3.85. The number of alkyl halides is 3. The van der Waals surface area contributed by atoms with Crippen molar-refractivity contribution >= 4 is 192 Å². The Morgan fingerprint density at radius 3 is 0.630 bits per heavy atom. The third kappa shape index (κ3) is 22.2. The summed E-state index contributed by atoms with van der Waals surface area (Å²) in [4.78, 5) is 6.95. The molecular formula is C92H113Br12N4+. The number of benzene rings is 8. The summed E-state index contributed by atoms with van der Waals surface area (Å²) in [5.41, 5.74) is 23.7. The molecule has 12 rings (SSSR count). The van der Waals surface area contributed by atoms with Crippen LogP contribution in [0.15, 0.2) is 181 Å². The SMILES string of the molecule is Br.BrCCCCCCC1(CCCCCCBr)c2cc(Br)ccc2-c2ccc(Br)cc21.CN(C)CCC1(CCN(C)C)c2cc(Br)ccc2-c2ccc(Br)cc21.CN(C)CCC1(CC[N+](C)(C)CCCCCCC2(CCCCCCBr)c3cc(Br)ccc3-c3ccc(Br)cc32)c2cc(Br)ccc2-c2ccc(Br)cc21. The maximum absolute atomic E-state index is 3.85. The van der Waals surface area contributed by atoms with Gasteiger partial charge in [0, 0.05) is 79.9 Å². The molecule has 0 bridgehead atoms. The molecule has 4 aliphatic rings. The number of fused-ring (bicyclic) bond motifs is 12. The molecule has 0 atom stereocenters. The zero-order valence-corrected chi connectivity index (χ0v) is 84.0. The van der Waals surface area contributed by atoms with Gasteiger partial charge in [0.15, 0.2) is 0 Å².